The van der Waals surface area contributed by atoms with Gasteiger partial charge in [0.05, 0.1) is 24.3 Å². The van der Waals surface area contributed by atoms with Gasteiger partial charge >= 0.3 is 0 Å². The van der Waals surface area contributed by atoms with Gasteiger partial charge in [-0.15, -0.1) is 0 Å². The molecular formula is C23H19F2N3O2. The van der Waals surface area contributed by atoms with Crippen molar-refractivity contribution < 1.29 is 18.4 Å². The molecule has 0 bridgehead atoms. The maximum absolute atomic E-state index is 13.9. The summed E-state index contributed by atoms with van der Waals surface area (Å²) in [5.41, 5.74) is 1.75. The van der Waals surface area contributed by atoms with Crippen molar-refractivity contribution in [2.24, 2.45) is 5.92 Å². The maximum Gasteiger partial charge on any atom is 0.249 e. The predicted molar refractivity (Wildman–Crippen MR) is 105 cm³/mol. The lowest BCUT2D eigenvalue weighted by atomic mass is 9.79. The second kappa shape index (κ2) is 7.22. The highest BCUT2D eigenvalue weighted by Crippen LogP contribution is 2.43. The van der Waals surface area contributed by atoms with Gasteiger partial charge in [0.1, 0.15) is 11.6 Å². The van der Waals surface area contributed by atoms with Crippen LogP contribution in [0.3, 0.4) is 0 Å². The van der Waals surface area contributed by atoms with E-state index in [1.165, 1.54) is 29.3 Å². The summed E-state index contributed by atoms with van der Waals surface area (Å²) < 4.78 is 29.4. The quantitative estimate of drug-likeness (QED) is 0.635. The van der Waals surface area contributed by atoms with Crippen LogP contribution in [0.2, 0.25) is 0 Å². The summed E-state index contributed by atoms with van der Waals surface area (Å²) in [5.74, 6) is -1.06. The molecule has 2 aliphatic rings. The second-order valence-electron chi connectivity index (χ2n) is 7.94. The highest BCUT2D eigenvalue weighted by Gasteiger charge is 2.42. The second-order valence-corrected chi connectivity index (χ2v) is 7.94. The Labute approximate surface area is 172 Å². The highest BCUT2D eigenvalue weighted by molar-refractivity contribution is 5.82. The third-order valence-corrected chi connectivity index (χ3v) is 6.09. The molecule has 1 aliphatic carbocycles. The zero-order chi connectivity index (χ0) is 20.8. The van der Waals surface area contributed by atoms with Gasteiger partial charge in [-0.3, -0.25) is 9.63 Å². The average Bonchev–Trinajstić information content (AvgIpc) is 3.33. The molecule has 3 aromatic rings. The van der Waals surface area contributed by atoms with Crippen LogP contribution < -0.4 is 0 Å². The number of carbonyl (C=O) groups is 1. The molecule has 0 N–H and O–H groups in total. The van der Waals surface area contributed by atoms with E-state index in [1.807, 2.05) is 18.3 Å². The molecule has 5 nitrogen and oxygen atoms in total. The Kier molecular flexibility index (Phi) is 4.52. The van der Waals surface area contributed by atoms with E-state index >= 15 is 0 Å². The first-order valence-electron chi connectivity index (χ1n) is 9.96. The molecule has 1 amide bonds. The van der Waals surface area contributed by atoms with Gasteiger partial charge in [-0.1, -0.05) is 0 Å². The number of carbonyl (C=O) groups excluding carboxylic acids is 1. The lowest BCUT2D eigenvalue weighted by Crippen LogP contribution is -2.41. The topological polar surface area (TPSA) is 58.3 Å². The number of hydroxylamine groups is 2. The van der Waals surface area contributed by atoms with Gasteiger partial charge in [0.2, 0.25) is 5.91 Å². The molecule has 1 atom stereocenters. The number of benzene rings is 2. The summed E-state index contributed by atoms with van der Waals surface area (Å²) in [6.45, 7) is 0.374. The zero-order valence-electron chi connectivity index (χ0n) is 16.1. The number of hydrogen-bond acceptors (Lipinski definition) is 3. The Morgan fingerprint density at radius 2 is 1.93 bits per heavy atom. The highest BCUT2D eigenvalue weighted by atomic mass is 19.1. The van der Waals surface area contributed by atoms with Gasteiger partial charge in [0, 0.05) is 35.5 Å². The van der Waals surface area contributed by atoms with E-state index in [0.29, 0.717) is 31.4 Å². The molecule has 2 aromatic carbocycles. The van der Waals surface area contributed by atoms with Crippen LogP contribution in [0.15, 0.2) is 48.7 Å². The van der Waals surface area contributed by atoms with E-state index in [4.69, 9.17) is 10.1 Å². The summed E-state index contributed by atoms with van der Waals surface area (Å²) in [7, 11) is 0. The third kappa shape index (κ3) is 3.14. The molecule has 0 spiro atoms. The Balaban J connectivity index is 1.31. The van der Waals surface area contributed by atoms with Crippen LogP contribution in [0.25, 0.3) is 10.9 Å². The third-order valence-electron chi connectivity index (χ3n) is 6.09. The zero-order valence-corrected chi connectivity index (χ0v) is 16.1. The van der Waals surface area contributed by atoms with Crippen molar-refractivity contribution in [1.29, 1.82) is 5.26 Å². The van der Waals surface area contributed by atoms with Crippen molar-refractivity contribution in [2.45, 2.75) is 31.3 Å². The fraction of sp³-hybridized carbons (Fsp3) is 0.304. The summed E-state index contributed by atoms with van der Waals surface area (Å²) in [6.07, 6.45) is 3.82. The minimum atomic E-state index is -0.497. The van der Waals surface area contributed by atoms with E-state index in [0.717, 1.165) is 10.9 Å². The molecule has 1 aromatic heterocycles. The number of nitriles is 1. The number of nitrogens with zero attached hydrogens (tertiary/aromatic N) is 3. The standard InChI is InChI=1S/C23H19F2N3O2/c24-18-1-2-21-15(9-18)3-5-27(21)20-11-17(12-20)23(29)28-22(4-6-30-28)16-7-14(13-26)8-19(25)10-16/h1-3,5,7-10,17,20,22H,4,6,11-12H2. The first kappa shape index (κ1) is 18.8. The van der Waals surface area contributed by atoms with Crippen molar-refractivity contribution >= 4 is 16.8 Å². The largest absolute Gasteiger partial charge is 0.344 e. The molecule has 0 radical (unpaired) electrons. The Morgan fingerprint density at radius 1 is 1.10 bits per heavy atom. The van der Waals surface area contributed by atoms with Crippen LogP contribution in [0, 0.1) is 28.9 Å². The van der Waals surface area contributed by atoms with Crippen molar-refractivity contribution in [3.8, 4) is 6.07 Å². The SMILES string of the molecule is N#Cc1cc(F)cc(C2CCON2C(=O)C2CC(n3ccc4cc(F)ccc43)C2)c1. The smallest absolute Gasteiger partial charge is 0.249 e. The number of hydrogen-bond donors (Lipinski definition) is 0. The molecule has 5 rings (SSSR count). The minimum absolute atomic E-state index is 0.112. The van der Waals surface area contributed by atoms with Gasteiger partial charge in [-0.2, -0.15) is 5.26 Å². The van der Waals surface area contributed by atoms with Crippen molar-refractivity contribution in [3.05, 3.63) is 71.4 Å². The van der Waals surface area contributed by atoms with E-state index in [1.54, 1.807) is 12.1 Å². The van der Waals surface area contributed by atoms with Crippen LogP contribution >= 0.6 is 0 Å². The fourth-order valence-electron chi connectivity index (χ4n) is 4.51. The van der Waals surface area contributed by atoms with Gasteiger partial charge in [0.25, 0.3) is 0 Å². The monoisotopic (exact) mass is 407 g/mol. The van der Waals surface area contributed by atoms with Crippen molar-refractivity contribution in [2.75, 3.05) is 6.61 Å². The number of fused-ring (bicyclic) bond motifs is 1. The van der Waals surface area contributed by atoms with Crippen LogP contribution in [-0.4, -0.2) is 22.1 Å². The van der Waals surface area contributed by atoms with E-state index < -0.39 is 11.9 Å². The van der Waals surface area contributed by atoms with Gasteiger partial charge < -0.3 is 4.57 Å². The molecule has 152 valence electrons. The van der Waals surface area contributed by atoms with Gasteiger partial charge in [-0.25, -0.2) is 13.8 Å². The molecule has 30 heavy (non-hydrogen) atoms. The maximum atomic E-state index is 13.9. The average molecular weight is 407 g/mol. The van der Waals surface area contributed by atoms with Crippen molar-refractivity contribution in [3.63, 3.8) is 0 Å². The first-order chi connectivity index (χ1) is 14.5. The van der Waals surface area contributed by atoms with Gasteiger partial charge in [-0.05, 0) is 60.9 Å². The Morgan fingerprint density at radius 3 is 2.73 bits per heavy atom. The number of amides is 1. The normalized spacial score (nSPS) is 23.4. The van der Waals surface area contributed by atoms with Crippen LogP contribution in [0.4, 0.5) is 8.78 Å². The predicted octanol–water partition coefficient (Wildman–Crippen LogP) is 4.65. The van der Waals surface area contributed by atoms with E-state index in [9.17, 15) is 13.6 Å². The number of rotatable bonds is 3. The lowest BCUT2D eigenvalue weighted by molar-refractivity contribution is -0.185. The molecule has 1 saturated heterocycles. The van der Waals surface area contributed by atoms with E-state index in [2.05, 4.69) is 4.57 Å². The Hall–Kier alpha value is -3.24. The molecule has 2 heterocycles. The molecule has 1 saturated carbocycles. The lowest BCUT2D eigenvalue weighted by Gasteiger charge is -2.38. The fourth-order valence-corrected chi connectivity index (χ4v) is 4.51. The Bertz CT molecular complexity index is 1180. The summed E-state index contributed by atoms with van der Waals surface area (Å²) >= 11 is 0. The van der Waals surface area contributed by atoms with Crippen LogP contribution in [0.5, 0.6) is 0 Å². The molecule has 1 aliphatic heterocycles. The summed E-state index contributed by atoms with van der Waals surface area (Å²) in [6, 6.07) is 12.5. The van der Waals surface area contributed by atoms with E-state index in [-0.39, 0.29) is 29.2 Å². The molecule has 1 unspecified atom stereocenters. The molecular weight excluding hydrogens is 388 g/mol. The minimum Gasteiger partial charge on any atom is -0.344 e. The number of halogens is 2. The first-order valence-corrected chi connectivity index (χ1v) is 9.96. The van der Waals surface area contributed by atoms with Gasteiger partial charge in [0.15, 0.2) is 0 Å². The van der Waals surface area contributed by atoms with Crippen molar-refractivity contribution in [1.82, 2.24) is 9.63 Å². The summed E-state index contributed by atoms with van der Waals surface area (Å²) in [5, 5.41) is 11.3. The van der Waals surface area contributed by atoms with Crippen LogP contribution in [-0.2, 0) is 9.63 Å². The number of aromatic nitrogens is 1. The molecule has 7 heteroatoms. The van der Waals surface area contributed by atoms with Crippen LogP contribution in [0.1, 0.15) is 42.5 Å². The summed E-state index contributed by atoms with van der Waals surface area (Å²) in [4.78, 5) is 18.6. The molecule has 2 fully saturated rings.